The molecule has 1 amide bonds. The van der Waals surface area contributed by atoms with Gasteiger partial charge in [0.25, 0.3) is 11.6 Å². The lowest BCUT2D eigenvalue weighted by atomic mass is 10.1. The molecule has 33 heavy (non-hydrogen) atoms. The molecule has 0 N–H and O–H groups in total. The molecule has 1 aliphatic heterocycles. The zero-order chi connectivity index (χ0) is 23.2. The number of aromatic nitrogens is 1. The molecule has 0 bridgehead atoms. The molecular formula is C24H21N5O4. The third-order valence-corrected chi connectivity index (χ3v) is 5.41. The van der Waals surface area contributed by atoms with Crippen molar-refractivity contribution in [3.05, 3.63) is 93.7 Å². The highest BCUT2D eigenvalue weighted by Gasteiger charge is 2.23. The fourth-order valence-corrected chi connectivity index (χ4v) is 3.63. The van der Waals surface area contributed by atoms with Crippen LogP contribution in [0.25, 0.3) is 0 Å². The number of carbonyl (C=O) groups excluding carboxylic acids is 1. The Bertz CT molecular complexity index is 1200. The number of para-hydroxylation sites is 1. The van der Waals surface area contributed by atoms with Gasteiger partial charge in [0.2, 0.25) is 0 Å². The van der Waals surface area contributed by atoms with Crippen LogP contribution in [-0.4, -0.2) is 46.9 Å². The monoisotopic (exact) mass is 443 g/mol. The highest BCUT2D eigenvalue weighted by molar-refractivity contribution is 5.94. The van der Waals surface area contributed by atoms with Crippen LogP contribution < -0.4 is 9.64 Å². The zero-order valence-corrected chi connectivity index (χ0v) is 17.8. The first-order valence-corrected chi connectivity index (χ1v) is 10.4. The first kappa shape index (κ1) is 21.8. The van der Waals surface area contributed by atoms with Gasteiger partial charge >= 0.3 is 0 Å². The number of nitrogens with zero attached hydrogens (tertiary/aromatic N) is 5. The van der Waals surface area contributed by atoms with Gasteiger partial charge in [-0.1, -0.05) is 24.3 Å². The molecule has 4 rings (SSSR count). The van der Waals surface area contributed by atoms with Crippen LogP contribution in [0.2, 0.25) is 0 Å². The number of benzene rings is 2. The molecule has 0 atom stereocenters. The molecule has 1 saturated heterocycles. The summed E-state index contributed by atoms with van der Waals surface area (Å²) in [6.07, 6.45) is 1.25. The van der Waals surface area contributed by atoms with E-state index >= 15 is 0 Å². The smallest absolute Gasteiger partial charge is 0.287 e. The molecule has 3 aromatic rings. The molecule has 0 radical (unpaired) electrons. The van der Waals surface area contributed by atoms with Crippen LogP contribution in [0, 0.1) is 21.4 Å². The van der Waals surface area contributed by atoms with Gasteiger partial charge in [0.15, 0.2) is 0 Å². The molecule has 1 aliphatic rings. The maximum absolute atomic E-state index is 13.0. The first-order valence-electron chi connectivity index (χ1n) is 10.4. The van der Waals surface area contributed by atoms with E-state index in [0.29, 0.717) is 48.9 Å². The van der Waals surface area contributed by atoms with Gasteiger partial charge in [-0.25, -0.2) is 4.98 Å². The summed E-state index contributed by atoms with van der Waals surface area (Å²) in [5.74, 6) is 1.10. The number of piperazine rings is 1. The van der Waals surface area contributed by atoms with E-state index in [9.17, 15) is 20.2 Å². The van der Waals surface area contributed by atoms with Crippen molar-refractivity contribution in [2.75, 3.05) is 31.1 Å². The van der Waals surface area contributed by atoms with E-state index in [4.69, 9.17) is 4.74 Å². The second-order valence-corrected chi connectivity index (χ2v) is 7.51. The number of hydrogen-bond acceptors (Lipinski definition) is 7. The molecule has 2 aromatic carbocycles. The largest absolute Gasteiger partial charge is 0.488 e. The van der Waals surface area contributed by atoms with Gasteiger partial charge in [-0.05, 0) is 35.9 Å². The van der Waals surface area contributed by atoms with Gasteiger partial charge in [-0.3, -0.25) is 14.9 Å². The predicted molar refractivity (Wildman–Crippen MR) is 121 cm³/mol. The van der Waals surface area contributed by atoms with Gasteiger partial charge in [0, 0.05) is 37.8 Å². The standard InChI is InChI=1S/C24H21N5O4/c25-15-20-5-1-2-7-22(20)33-17-18-4-3-6-19(14-18)24(30)28-12-10-27(11-13-28)23-9-8-21(16-26-23)29(31)32/h1-9,14,16H,10-13,17H2. The molecule has 9 nitrogen and oxygen atoms in total. The average molecular weight is 443 g/mol. The Hall–Kier alpha value is -4.45. The number of hydrogen-bond donors (Lipinski definition) is 0. The molecule has 1 aromatic heterocycles. The van der Waals surface area contributed by atoms with E-state index in [-0.39, 0.29) is 18.2 Å². The molecule has 0 spiro atoms. The van der Waals surface area contributed by atoms with Crippen LogP contribution >= 0.6 is 0 Å². The summed E-state index contributed by atoms with van der Waals surface area (Å²) in [5, 5.41) is 20.0. The van der Waals surface area contributed by atoms with Crippen molar-refractivity contribution in [3.8, 4) is 11.8 Å². The summed E-state index contributed by atoms with van der Waals surface area (Å²) in [4.78, 5) is 31.3. The van der Waals surface area contributed by atoms with Gasteiger partial charge in [0.05, 0.1) is 10.5 Å². The Morgan fingerprint density at radius 1 is 1.09 bits per heavy atom. The lowest BCUT2D eigenvalue weighted by Crippen LogP contribution is -2.49. The highest BCUT2D eigenvalue weighted by Crippen LogP contribution is 2.20. The molecule has 0 unspecified atom stereocenters. The van der Waals surface area contributed by atoms with Crippen molar-refractivity contribution in [2.45, 2.75) is 6.61 Å². The maximum atomic E-state index is 13.0. The molecule has 0 saturated carbocycles. The third kappa shape index (κ3) is 5.07. The van der Waals surface area contributed by atoms with Crippen molar-refractivity contribution in [3.63, 3.8) is 0 Å². The van der Waals surface area contributed by atoms with Gasteiger partial charge in [-0.2, -0.15) is 5.26 Å². The summed E-state index contributed by atoms with van der Waals surface area (Å²) >= 11 is 0. The van der Waals surface area contributed by atoms with Gasteiger partial charge in [0.1, 0.15) is 30.4 Å². The molecule has 9 heteroatoms. The fourth-order valence-electron chi connectivity index (χ4n) is 3.63. The fraction of sp³-hybridized carbons (Fsp3) is 0.208. The van der Waals surface area contributed by atoms with E-state index in [2.05, 4.69) is 11.1 Å². The summed E-state index contributed by atoms with van der Waals surface area (Å²) in [7, 11) is 0. The summed E-state index contributed by atoms with van der Waals surface area (Å²) < 4.78 is 5.78. The molecule has 2 heterocycles. The zero-order valence-electron chi connectivity index (χ0n) is 17.8. The van der Waals surface area contributed by atoms with E-state index in [1.807, 2.05) is 29.2 Å². The Kier molecular flexibility index (Phi) is 6.45. The first-order chi connectivity index (χ1) is 16.0. The Labute approximate surface area is 190 Å². The predicted octanol–water partition coefficient (Wildman–Crippen LogP) is 3.40. The molecular weight excluding hydrogens is 422 g/mol. The Morgan fingerprint density at radius 3 is 2.58 bits per heavy atom. The number of anilines is 1. The van der Waals surface area contributed by atoms with Crippen molar-refractivity contribution in [1.82, 2.24) is 9.88 Å². The van der Waals surface area contributed by atoms with Crippen molar-refractivity contribution in [1.29, 1.82) is 5.26 Å². The number of rotatable bonds is 6. The lowest BCUT2D eigenvalue weighted by Gasteiger charge is -2.35. The second-order valence-electron chi connectivity index (χ2n) is 7.51. The quantitative estimate of drug-likeness (QED) is 0.424. The SMILES string of the molecule is N#Cc1ccccc1OCc1cccc(C(=O)N2CCN(c3ccc([N+](=O)[O-])cn3)CC2)c1. The molecule has 1 fully saturated rings. The summed E-state index contributed by atoms with van der Waals surface area (Å²) in [6, 6.07) is 19.5. The van der Waals surface area contributed by atoms with Crippen LogP contribution in [0.4, 0.5) is 11.5 Å². The topological polar surface area (TPSA) is 113 Å². The van der Waals surface area contributed by atoms with Crippen molar-refractivity contribution >= 4 is 17.4 Å². The number of nitro groups is 1. The normalized spacial score (nSPS) is 13.3. The number of pyridine rings is 1. The lowest BCUT2D eigenvalue weighted by molar-refractivity contribution is -0.385. The van der Waals surface area contributed by atoms with Crippen LogP contribution in [0.1, 0.15) is 21.5 Å². The molecule has 166 valence electrons. The maximum Gasteiger partial charge on any atom is 0.287 e. The van der Waals surface area contributed by atoms with Crippen LogP contribution in [-0.2, 0) is 6.61 Å². The number of ether oxygens (including phenoxy) is 1. The minimum absolute atomic E-state index is 0.0486. The highest BCUT2D eigenvalue weighted by atomic mass is 16.6. The Balaban J connectivity index is 1.36. The van der Waals surface area contributed by atoms with E-state index in [1.54, 1.807) is 35.2 Å². The average Bonchev–Trinajstić information content (AvgIpc) is 2.87. The van der Waals surface area contributed by atoms with Gasteiger partial charge < -0.3 is 14.5 Å². The molecule has 0 aliphatic carbocycles. The third-order valence-electron chi connectivity index (χ3n) is 5.41. The van der Waals surface area contributed by atoms with Crippen molar-refractivity contribution in [2.24, 2.45) is 0 Å². The van der Waals surface area contributed by atoms with Crippen LogP contribution in [0.5, 0.6) is 5.75 Å². The van der Waals surface area contributed by atoms with E-state index < -0.39 is 4.92 Å². The number of carbonyl (C=O) groups is 1. The van der Waals surface area contributed by atoms with Crippen LogP contribution in [0.15, 0.2) is 66.9 Å². The van der Waals surface area contributed by atoms with E-state index in [1.165, 1.54) is 12.3 Å². The van der Waals surface area contributed by atoms with Gasteiger partial charge in [-0.15, -0.1) is 0 Å². The summed E-state index contributed by atoms with van der Waals surface area (Å²) in [5.41, 5.74) is 1.83. The minimum Gasteiger partial charge on any atom is -0.488 e. The number of nitriles is 1. The minimum atomic E-state index is -0.477. The second kappa shape index (κ2) is 9.78. The number of amides is 1. The van der Waals surface area contributed by atoms with Crippen molar-refractivity contribution < 1.29 is 14.5 Å². The van der Waals surface area contributed by atoms with E-state index in [0.717, 1.165) is 5.56 Å². The summed E-state index contributed by atoms with van der Waals surface area (Å²) in [6.45, 7) is 2.47. The van der Waals surface area contributed by atoms with Crippen LogP contribution in [0.3, 0.4) is 0 Å². The Morgan fingerprint density at radius 2 is 1.88 bits per heavy atom.